The molecule has 0 amide bonds. The lowest BCUT2D eigenvalue weighted by Crippen LogP contribution is -2.48. The van der Waals surface area contributed by atoms with Crippen LogP contribution in [-0.4, -0.2) is 48.4 Å². The van der Waals surface area contributed by atoms with Crippen LogP contribution in [0.1, 0.15) is 19.3 Å². The van der Waals surface area contributed by atoms with E-state index in [0.717, 1.165) is 32.5 Å². The van der Waals surface area contributed by atoms with Gasteiger partial charge in [-0.3, -0.25) is 9.69 Å². The van der Waals surface area contributed by atoms with Crippen molar-refractivity contribution < 1.29 is 14.6 Å². The van der Waals surface area contributed by atoms with Crippen molar-refractivity contribution in [3.05, 3.63) is 0 Å². The van der Waals surface area contributed by atoms with Gasteiger partial charge in [0.2, 0.25) is 0 Å². The van der Waals surface area contributed by atoms with E-state index in [-0.39, 0.29) is 11.6 Å². The Labute approximate surface area is 89.2 Å². The molecule has 86 valence electrons. The standard InChI is InChI=1S/C10H18N2O3/c11-8-6-12(3-4-15-8)7-10(1-2-10)5-9(13)14/h8H,1-7,11H2,(H,13,14). The van der Waals surface area contributed by atoms with Crippen molar-refractivity contribution in [2.24, 2.45) is 11.1 Å². The molecule has 2 rings (SSSR count). The summed E-state index contributed by atoms with van der Waals surface area (Å²) in [6, 6.07) is 0. The zero-order valence-electron chi connectivity index (χ0n) is 8.82. The third-order valence-electron chi connectivity index (χ3n) is 3.22. The molecule has 3 N–H and O–H groups in total. The molecule has 2 fully saturated rings. The van der Waals surface area contributed by atoms with Gasteiger partial charge in [-0.2, -0.15) is 0 Å². The van der Waals surface area contributed by atoms with Crippen LogP contribution in [0.4, 0.5) is 0 Å². The quantitative estimate of drug-likeness (QED) is 0.681. The fourth-order valence-electron chi connectivity index (χ4n) is 2.24. The van der Waals surface area contributed by atoms with Crippen LogP contribution in [0.2, 0.25) is 0 Å². The zero-order valence-corrected chi connectivity index (χ0v) is 8.82. The minimum Gasteiger partial charge on any atom is -0.481 e. The molecule has 0 spiro atoms. The number of hydrogen-bond donors (Lipinski definition) is 2. The second-order valence-corrected chi connectivity index (χ2v) is 4.71. The highest BCUT2D eigenvalue weighted by Gasteiger charge is 2.45. The minimum atomic E-state index is -0.690. The Kier molecular flexibility index (Phi) is 2.95. The first kappa shape index (κ1) is 10.9. The van der Waals surface area contributed by atoms with Crippen LogP contribution in [0.5, 0.6) is 0 Å². The van der Waals surface area contributed by atoms with Gasteiger partial charge in [0.05, 0.1) is 13.0 Å². The molecule has 5 heteroatoms. The SMILES string of the molecule is NC1CN(CC2(CC(=O)O)CC2)CCO1. The molecular formula is C10H18N2O3. The van der Waals surface area contributed by atoms with Gasteiger partial charge in [-0.1, -0.05) is 0 Å². The predicted octanol–water partition coefficient (Wildman–Crippen LogP) is -0.142. The molecule has 0 aromatic heterocycles. The van der Waals surface area contributed by atoms with E-state index in [9.17, 15) is 4.79 Å². The first-order valence-electron chi connectivity index (χ1n) is 5.41. The summed E-state index contributed by atoms with van der Waals surface area (Å²) < 4.78 is 5.24. The van der Waals surface area contributed by atoms with Crippen molar-refractivity contribution in [3.8, 4) is 0 Å². The van der Waals surface area contributed by atoms with Gasteiger partial charge in [0.25, 0.3) is 0 Å². The van der Waals surface area contributed by atoms with E-state index in [1.54, 1.807) is 0 Å². The summed E-state index contributed by atoms with van der Waals surface area (Å²) in [5.41, 5.74) is 5.72. The smallest absolute Gasteiger partial charge is 0.303 e. The average Bonchev–Trinajstić information content (AvgIpc) is 2.83. The summed E-state index contributed by atoms with van der Waals surface area (Å²) in [6.07, 6.45) is 2.15. The van der Waals surface area contributed by atoms with E-state index in [1.165, 1.54) is 0 Å². The highest BCUT2D eigenvalue weighted by Crippen LogP contribution is 2.49. The molecule has 15 heavy (non-hydrogen) atoms. The van der Waals surface area contributed by atoms with Crippen LogP contribution in [0, 0.1) is 5.41 Å². The fraction of sp³-hybridized carbons (Fsp3) is 0.900. The van der Waals surface area contributed by atoms with Crippen LogP contribution in [0.25, 0.3) is 0 Å². The maximum Gasteiger partial charge on any atom is 0.303 e. The van der Waals surface area contributed by atoms with Crippen LogP contribution in [0.15, 0.2) is 0 Å². The Morgan fingerprint density at radius 2 is 2.33 bits per heavy atom. The van der Waals surface area contributed by atoms with Gasteiger partial charge < -0.3 is 15.6 Å². The lowest BCUT2D eigenvalue weighted by Gasteiger charge is -2.33. The molecule has 0 radical (unpaired) electrons. The Morgan fingerprint density at radius 3 is 2.87 bits per heavy atom. The van der Waals surface area contributed by atoms with E-state index in [2.05, 4.69) is 4.90 Å². The van der Waals surface area contributed by atoms with Gasteiger partial charge in [0, 0.05) is 19.6 Å². The first-order valence-corrected chi connectivity index (χ1v) is 5.41. The van der Waals surface area contributed by atoms with Gasteiger partial charge >= 0.3 is 5.97 Å². The van der Waals surface area contributed by atoms with Crippen molar-refractivity contribution >= 4 is 5.97 Å². The monoisotopic (exact) mass is 214 g/mol. The third-order valence-corrected chi connectivity index (χ3v) is 3.22. The lowest BCUT2D eigenvalue weighted by molar-refractivity contribution is -0.138. The average molecular weight is 214 g/mol. The van der Waals surface area contributed by atoms with Crippen LogP contribution in [0.3, 0.4) is 0 Å². The minimum absolute atomic E-state index is 0.0306. The summed E-state index contributed by atoms with van der Waals surface area (Å²) >= 11 is 0. The molecule has 1 aliphatic carbocycles. The van der Waals surface area contributed by atoms with Gasteiger partial charge in [-0.25, -0.2) is 0 Å². The molecule has 2 aliphatic rings. The topological polar surface area (TPSA) is 75.8 Å². The fourth-order valence-corrected chi connectivity index (χ4v) is 2.24. The molecule has 0 bridgehead atoms. The number of ether oxygens (including phenoxy) is 1. The maximum atomic E-state index is 10.7. The summed E-state index contributed by atoms with van der Waals surface area (Å²) in [4.78, 5) is 12.9. The highest BCUT2D eigenvalue weighted by molar-refractivity contribution is 5.68. The summed E-state index contributed by atoms with van der Waals surface area (Å²) in [5.74, 6) is -0.690. The molecule has 1 unspecified atom stereocenters. The molecule has 1 aliphatic heterocycles. The van der Waals surface area contributed by atoms with E-state index < -0.39 is 5.97 Å². The van der Waals surface area contributed by atoms with E-state index in [4.69, 9.17) is 15.6 Å². The molecule has 0 aromatic carbocycles. The number of morpholine rings is 1. The van der Waals surface area contributed by atoms with E-state index in [1.807, 2.05) is 0 Å². The second kappa shape index (κ2) is 4.08. The number of carboxylic acids is 1. The Bertz CT molecular complexity index is 253. The molecule has 1 atom stereocenters. The normalized spacial score (nSPS) is 30.1. The molecule has 1 saturated heterocycles. The van der Waals surface area contributed by atoms with Gasteiger partial charge in [0.15, 0.2) is 0 Å². The van der Waals surface area contributed by atoms with Crippen LogP contribution in [-0.2, 0) is 9.53 Å². The molecule has 5 nitrogen and oxygen atoms in total. The van der Waals surface area contributed by atoms with Gasteiger partial charge in [-0.05, 0) is 18.3 Å². The predicted molar refractivity (Wildman–Crippen MR) is 54.3 cm³/mol. The Hall–Kier alpha value is -0.650. The number of hydrogen-bond acceptors (Lipinski definition) is 4. The molecule has 1 saturated carbocycles. The van der Waals surface area contributed by atoms with E-state index >= 15 is 0 Å². The first-order chi connectivity index (χ1) is 7.10. The zero-order chi connectivity index (χ0) is 10.9. The Balaban J connectivity index is 1.83. The molecule has 1 heterocycles. The maximum absolute atomic E-state index is 10.7. The van der Waals surface area contributed by atoms with Gasteiger partial charge in [0.1, 0.15) is 6.23 Å². The molecule has 0 aromatic rings. The summed E-state index contributed by atoms with van der Waals surface area (Å²) in [5, 5.41) is 8.80. The second-order valence-electron chi connectivity index (χ2n) is 4.71. The highest BCUT2D eigenvalue weighted by atomic mass is 16.5. The Morgan fingerprint density at radius 1 is 1.60 bits per heavy atom. The number of carboxylic acid groups (broad SMARTS) is 1. The molecular weight excluding hydrogens is 196 g/mol. The van der Waals surface area contributed by atoms with Crippen molar-refractivity contribution in [1.82, 2.24) is 4.90 Å². The van der Waals surface area contributed by atoms with Crippen molar-refractivity contribution in [2.45, 2.75) is 25.5 Å². The van der Waals surface area contributed by atoms with Crippen molar-refractivity contribution in [2.75, 3.05) is 26.2 Å². The van der Waals surface area contributed by atoms with Crippen molar-refractivity contribution in [3.63, 3.8) is 0 Å². The number of nitrogens with zero attached hydrogens (tertiary/aromatic N) is 1. The number of carbonyl (C=O) groups is 1. The van der Waals surface area contributed by atoms with Crippen molar-refractivity contribution in [1.29, 1.82) is 0 Å². The van der Waals surface area contributed by atoms with Crippen LogP contribution < -0.4 is 5.73 Å². The number of aliphatic carboxylic acids is 1. The summed E-state index contributed by atoms with van der Waals surface area (Å²) in [7, 11) is 0. The summed E-state index contributed by atoms with van der Waals surface area (Å²) in [6.45, 7) is 3.11. The van der Waals surface area contributed by atoms with Gasteiger partial charge in [-0.15, -0.1) is 0 Å². The number of nitrogens with two attached hydrogens (primary N) is 1. The van der Waals surface area contributed by atoms with E-state index in [0.29, 0.717) is 13.0 Å². The largest absolute Gasteiger partial charge is 0.481 e. The van der Waals surface area contributed by atoms with Crippen LogP contribution >= 0.6 is 0 Å². The number of rotatable bonds is 4. The lowest BCUT2D eigenvalue weighted by atomic mass is 10.0. The third kappa shape index (κ3) is 2.90.